The minimum absolute atomic E-state index is 0.235. The van der Waals surface area contributed by atoms with Gasteiger partial charge in [-0.2, -0.15) is 0 Å². The van der Waals surface area contributed by atoms with E-state index >= 15 is 0 Å². The average molecular weight is 261 g/mol. The lowest BCUT2D eigenvalue weighted by Crippen LogP contribution is -2.61. The molecule has 1 saturated carbocycles. The number of hydrogen-bond donors (Lipinski definition) is 2. The second kappa shape index (κ2) is 4.68. The molecule has 1 amide bonds. The Balaban J connectivity index is 2.18. The molecule has 1 aromatic rings. The van der Waals surface area contributed by atoms with Crippen LogP contribution in [-0.2, 0) is 15.0 Å². The van der Waals surface area contributed by atoms with E-state index in [0.717, 1.165) is 12.0 Å². The zero-order valence-corrected chi connectivity index (χ0v) is 11.3. The molecule has 1 aliphatic rings. The van der Waals surface area contributed by atoms with Crippen LogP contribution in [0.25, 0.3) is 0 Å². The van der Waals surface area contributed by atoms with Crippen molar-refractivity contribution in [1.82, 2.24) is 5.32 Å². The topological polar surface area (TPSA) is 66.4 Å². The second-order valence-electron chi connectivity index (χ2n) is 5.69. The third-order valence-corrected chi connectivity index (χ3v) is 4.03. The number of aliphatic carboxylic acids is 1. The predicted octanol–water partition coefficient (Wildman–Crippen LogP) is 2.09. The largest absolute Gasteiger partial charge is 0.480 e. The molecule has 4 heteroatoms. The summed E-state index contributed by atoms with van der Waals surface area (Å²) >= 11 is 0. The number of carboxylic acids is 1. The number of amides is 1. The summed E-state index contributed by atoms with van der Waals surface area (Å²) in [5.74, 6) is -1.17. The Labute approximate surface area is 112 Å². The Hall–Kier alpha value is -1.84. The maximum absolute atomic E-state index is 12.4. The maximum atomic E-state index is 12.4. The molecule has 2 N–H and O–H groups in total. The lowest BCUT2D eigenvalue weighted by Gasteiger charge is -2.40. The van der Waals surface area contributed by atoms with E-state index in [-0.39, 0.29) is 5.91 Å². The number of carbonyl (C=O) groups excluding carboxylic acids is 1. The zero-order chi connectivity index (χ0) is 14.1. The van der Waals surface area contributed by atoms with Gasteiger partial charge in [0, 0.05) is 0 Å². The smallest absolute Gasteiger partial charge is 0.329 e. The van der Waals surface area contributed by atoms with Gasteiger partial charge in [0.25, 0.3) is 0 Å². The molecule has 0 heterocycles. The van der Waals surface area contributed by atoms with Crippen LogP contribution in [0.4, 0.5) is 0 Å². The van der Waals surface area contributed by atoms with Crippen LogP contribution in [0.5, 0.6) is 0 Å². The van der Waals surface area contributed by atoms with E-state index in [2.05, 4.69) is 5.32 Å². The third kappa shape index (κ3) is 2.35. The summed E-state index contributed by atoms with van der Waals surface area (Å²) in [6, 6.07) is 9.41. The van der Waals surface area contributed by atoms with Crippen molar-refractivity contribution in [1.29, 1.82) is 0 Å². The van der Waals surface area contributed by atoms with Gasteiger partial charge in [0.15, 0.2) is 0 Å². The first-order valence-corrected chi connectivity index (χ1v) is 6.50. The Kier molecular flexibility index (Phi) is 3.35. The van der Waals surface area contributed by atoms with Crippen LogP contribution in [0, 0.1) is 0 Å². The van der Waals surface area contributed by atoms with Gasteiger partial charge in [0.1, 0.15) is 5.54 Å². The zero-order valence-electron chi connectivity index (χ0n) is 11.3. The quantitative estimate of drug-likeness (QED) is 0.872. The van der Waals surface area contributed by atoms with Crippen LogP contribution in [0.3, 0.4) is 0 Å². The van der Waals surface area contributed by atoms with Crippen molar-refractivity contribution in [3.63, 3.8) is 0 Å². The molecule has 0 spiro atoms. The Morgan fingerprint density at radius 1 is 1.21 bits per heavy atom. The molecule has 0 atom stereocenters. The van der Waals surface area contributed by atoms with Crippen LogP contribution >= 0.6 is 0 Å². The first-order valence-electron chi connectivity index (χ1n) is 6.50. The Morgan fingerprint density at radius 2 is 1.79 bits per heavy atom. The van der Waals surface area contributed by atoms with Gasteiger partial charge in [-0.1, -0.05) is 30.3 Å². The Morgan fingerprint density at radius 3 is 2.21 bits per heavy atom. The van der Waals surface area contributed by atoms with E-state index in [1.807, 2.05) is 44.2 Å². The summed E-state index contributed by atoms with van der Waals surface area (Å²) in [4.78, 5) is 23.7. The monoisotopic (exact) mass is 261 g/mol. The fraction of sp³-hybridized carbons (Fsp3) is 0.467. The highest BCUT2D eigenvalue weighted by Gasteiger charge is 2.47. The molecule has 0 saturated heterocycles. The number of hydrogen-bond acceptors (Lipinski definition) is 2. The van der Waals surface area contributed by atoms with Crippen LogP contribution in [0.1, 0.15) is 38.7 Å². The molecular weight excluding hydrogens is 242 g/mol. The summed E-state index contributed by atoms with van der Waals surface area (Å²) in [5.41, 5.74) is -0.907. The van der Waals surface area contributed by atoms with Crippen LogP contribution in [0.15, 0.2) is 30.3 Å². The van der Waals surface area contributed by atoms with E-state index in [1.165, 1.54) is 0 Å². The lowest BCUT2D eigenvalue weighted by molar-refractivity contribution is -0.152. The van der Waals surface area contributed by atoms with E-state index in [0.29, 0.717) is 12.8 Å². The van der Waals surface area contributed by atoms with E-state index < -0.39 is 16.9 Å². The summed E-state index contributed by atoms with van der Waals surface area (Å²) in [6.07, 6.45) is 1.87. The van der Waals surface area contributed by atoms with Gasteiger partial charge in [-0.15, -0.1) is 0 Å². The molecule has 102 valence electrons. The first-order chi connectivity index (χ1) is 8.88. The highest BCUT2D eigenvalue weighted by molar-refractivity contribution is 5.93. The molecule has 4 nitrogen and oxygen atoms in total. The van der Waals surface area contributed by atoms with Crippen molar-refractivity contribution >= 4 is 11.9 Å². The van der Waals surface area contributed by atoms with Crippen LogP contribution < -0.4 is 5.32 Å². The molecule has 19 heavy (non-hydrogen) atoms. The predicted molar refractivity (Wildman–Crippen MR) is 71.8 cm³/mol. The first kappa shape index (κ1) is 13.6. The molecule has 0 aliphatic heterocycles. The molecule has 0 radical (unpaired) electrons. The highest BCUT2D eigenvalue weighted by atomic mass is 16.4. The summed E-state index contributed by atoms with van der Waals surface area (Å²) in [5, 5.41) is 12.0. The molecule has 1 aliphatic carbocycles. The number of benzene rings is 1. The van der Waals surface area contributed by atoms with Gasteiger partial charge in [0.2, 0.25) is 5.91 Å². The van der Waals surface area contributed by atoms with Crippen molar-refractivity contribution < 1.29 is 14.7 Å². The fourth-order valence-electron chi connectivity index (χ4n) is 2.28. The maximum Gasteiger partial charge on any atom is 0.329 e. The standard InChI is InChI=1S/C15H19NO3/c1-14(2,11-7-4-3-5-8-11)12(17)16-15(13(18)19)9-6-10-15/h3-5,7-8H,6,9-10H2,1-2H3,(H,16,17)(H,18,19). The van der Waals surface area contributed by atoms with Crippen molar-refractivity contribution in [2.24, 2.45) is 0 Å². The van der Waals surface area contributed by atoms with Gasteiger partial charge >= 0.3 is 5.97 Å². The molecule has 2 rings (SSSR count). The van der Waals surface area contributed by atoms with Crippen molar-refractivity contribution in [3.8, 4) is 0 Å². The fourth-order valence-corrected chi connectivity index (χ4v) is 2.28. The molecule has 0 bridgehead atoms. The van der Waals surface area contributed by atoms with Crippen molar-refractivity contribution in [3.05, 3.63) is 35.9 Å². The van der Waals surface area contributed by atoms with Crippen molar-refractivity contribution in [2.75, 3.05) is 0 Å². The summed E-state index contributed by atoms with van der Waals surface area (Å²) in [7, 11) is 0. The van der Waals surface area contributed by atoms with E-state index in [4.69, 9.17) is 0 Å². The van der Waals surface area contributed by atoms with Gasteiger partial charge in [-0.05, 0) is 38.7 Å². The van der Waals surface area contributed by atoms with Crippen molar-refractivity contribution in [2.45, 2.75) is 44.1 Å². The van der Waals surface area contributed by atoms with Gasteiger partial charge in [-0.25, -0.2) is 4.79 Å². The summed E-state index contributed by atoms with van der Waals surface area (Å²) < 4.78 is 0. The highest BCUT2D eigenvalue weighted by Crippen LogP contribution is 2.34. The Bertz CT molecular complexity index is 489. The summed E-state index contributed by atoms with van der Waals surface area (Å²) in [6.45, 7) is 3.62. The third-order valence-electron chi connectivity index (χ3n) is 4.03. The number of nitrogens with one attached hydrogen (secondary N) is 1. The van der Waals surface area contributed by atoms with Gasteiger partial charge in [0.05, 0.1) is 5.41 Å². The van der Waals surface area contributed by atoms with Crippen LogP contribution in [0.2, 0.25) is 0 Å². The van der Waals surface area contributed by atoms with E-state index in [1.54, 1.807) is 0 Å². The van der Waals surface area contributed by atoms with Gasteiger partial charge in [-0.3, -0.25) is 4.79 Å². The minimum atomic E-state index is -1.05. The average Bonchev–Trinajstić information content (AvgIpc) is 2.34. The second-order valence-corrected chi connectivity index (χ2v) is 5.69. The number of rotatable bonds is 4. The SMILES string of the molecule is CC(C)(C(=O)NC1(C(=O)O)CCC1)c1ccccc1. The molecule has 0 unspecified atom stereocenters. The van der Waals surface area contributed by atoms with E-state index in [9.17, 15) is 14.7 Å². The number of carbonyl (C=O) groups is 2. The lowest BCUT2D eigenvalue weighted by atomic mass is 9.75. The molecule has 1 fully saturated rings. The van der Waals surface area contributed by atoms with Gasteiger partial charge < -0.3 is 10.4 Å². The molecular formula is C15H19NO3. The minimum Gasteiger partial charge on any atom is -0.480 e. The van der Waals surface area contributed by atoms with Crippen LogP contribution in [-0.4, -0.2) is 22.5 Å². The normalized spacial score (nSPS) is 17.4. The molecule has 0 aromatic heterocycles. The number of carboxylic acid groups (broad SMARTS) is 1. The molecule has 1 aromatic carbocycles.